The third kappa shape index (κ3) is 3.68. The van der Waals surface area contributed by atoms with Gasteiger partial charge in [-0.15, -0.1) is 3.77 Å². The van der Waals surface area contributed by atoms with E-state index in [0.717, 1.165) is 5.56 Å². The topological polar surface area (TPSA) is 73.4 Å². The van der Waals surface area contributed by atoms with Crippen LogP contribution in [-0.4, -0.2) is 14.2 Å². The van der Waals surface area contributed by atoms with E-state index in [1.165, 1.54) is 18.3 Å². The van der Waals surface area contributed by atoms with Crippen LogP contribution in [0.4, 0.5) is 0 Å². The Morgan fingerprint density at radius 2 is 1.86 bits per heavy atom. The largest absolute Gasteiger partial charge is 0.618 e. The molecule has 112 valence electrons. The summed E-state index contributed by atoms with van der Waals surface area (Å²) in [5.41, 5.74) is 0.976. The van der Waals surface area contributed by atoms with Crippen molar-refractivity contribution in [1.29, 1.82) is 0 Å². The Hall–Kier alpha value is -1.73. The molecule has 0 N–H and O–H groups in total. The highest BCUT2D eigenvalue weighted by Gasteiger charge is 2.17. The number of aryl methyl sites for hydroxylation is 1. The number of benzene rings is 1. The lowest BCUT2D eigenvalue weighted by Gasteiger charge is -2.07. The lowest BCUT2D eigenvalue weighted by Crippen LogP contribution is -2.31. The molecule has 0 bridgehead atoms. The SMILES string of the molecule is CC[S@@](=NS(=O)(=O)c1ccc(C)cc1)c1cccc[n+]1[O-]. The smallest absolute Gasteiger partial charge is 0.288 e. The first kappa shape index (κ1) is 15.7. The van der Waals surface area contributed by atoms with Crippen molar-refractivity contribution in [1.82, 2.24) is 0 Å². The second-order valence-electron chi connectivity index (χ2n) is 4.38. The van der Waals surface area contributed by atoms with Gasteiger partial charge in [-0.05, 0) is 25.1 Å². The predicted octanol–water partition coefficient (Wildman–Crippen LogP) is 2.20. The van der Waals surface area contributed by atoms with Crippen LogP contribution < -0.4 is 4.73 Å². The molecule has 0 aliphatic carbocycles. The highest BCUT2D eigenvalue weighted by Crippen LogP contribution is 2.16. The normalized spacial score (nSPS) is 13.2. The second kappa shape index (κ2) is 6.36. The summed E-state index contributed by atoms with van der Waals surface area (Å²) in [6.45, 7) is 3.69. The number of aromatic nitrogens is 1. The van der Waals surface area contributed by atoms with Crippen molar-refractivity contribution in [2.24, 2.45) is 3.77 Å². The van der Waals surface area contributed by atoms with E-state index >= 15 is 0 Å². The first-order valence-corrected chi connectivity index (χ1v) is 9.17. The van der Waals surface area contributed by atoms with Crippen LogP contribution in [0.2, 0.25) is 0 Å². The third-order valence-corrected chi connectivity index (χ3v) is 6.53. The summed E-state index contributed by atoms with van der Waals surface area (Å²) < 4.78 is 29.3. The average Bonchev–Trinajstić information content (AvgIpc) is 2.46. The predicted molar refractivity (Wildman–Crippen MR) is 82.4 cm³/mol. The van der Waals surface area contributed by atoms with E-state index < -0.39 is 20.7 Å². The number of sulfonamides is 1. The van der Waals surface area contributed by atoms with E-state index in [0.29, 0.717) is 15.5 Å². The molecule has 0 unspecified atom stereocenters. The van der Waals surface area contributed by atoms with Gasteiger partial charge in [-0.3, -0.25) is 0 Å². The zero-order valence-electron chi connectivity index (χ0n) is 11.8. The molecule has 0 fully saturated rings. The molecule has 2 aromatic rings. The summed E-state index contributed by atoms with van der Waals surface area (Å²) in [6.07, 6.45) is 1.35. The molecule has 0 aliphatic heterocycles. The van der Waals surface area contributed by atoms with Crippen molar-refractivity contribution < 1.29 is 13.1 Å². The molecule has 0 saturated carbocycles. The molecule has 1 atom stereocenters. The monoisotopic (exact) mass is 324 g/mol. The van der Waals surface area contributed by atoms with Crippen molar-refractivity contribution in [3.05, 3.63) is 59.4 Å². The minimum absolute atomic E-state index is 0.146. The first-order valence-electron chi connectivity index (χ1n) is 6.38. The quantitative estimate of drug-likeness (QED) is 0.639. The molecule has 2 rings (SSSR count). The molecule has 1 aromatic heterocycles. The fraction of sp³-hybridized carbons (Fsp3) is 0.214. The summed E-state index contributed by atoms with van der Waals surface area (Å²) in [4.78, 5) is 0.146. The molecule has 7 heteroatoms. The highest BCUT2D eigenvalue weighted by atomic mass is 32.3. The summed E-state index contributed by atoms with van der Waals surface area (Å²) in [6, 6.07) is 11.4. The Morgan fingerprint density at radius 3 is 2.43 bits per heavy atom. The van der Waals surface area contributed by atoms with Crippen LogP contribution in [0.5, 0.6) is 0 Å². The fourth-order valence-electron chi connectivity index (χ4n) is 1.71. The molecule has 21 heavy (non-hydrogen) atoms. The maximum atomic E-state index is 12.3. The Labute approximate surface area is 127 Å². The molecule has 1 aromatic carbocycles. The molecule has 0 spiro atoms. The van der Waals surface area contributed by atoms with Crippen LogP contribution in [-0.2, 0) is 20.7 Å². The van der Waals surface area contributed by atoms with E-state index in [1.54, 1.807) is 30.3 Å². The summed E-state index contributed by atoms with van der Waals surface area (Å²) in [5.74, 6) is 0.456. The van der Waals surface area contributed by atoms with Crippen LogP contribution in [0, 0.1) is 12.1 Å². The zero-order chi connectivity index (χ0) is 15.5. The average molecular weight is 324 g/mol. The molecule has 0 saturated heterocycles. The van der Waals surface area contributed by atoms with Gasteiger partial charge in [0.05, 0.1) is 4.90 Å². The van der Waals surface area contributed by atoms with Crippen molar-refractivity contribution in [2.45, 2.75) is 23.8 Å². The van der Waals surface area contributed by atoms with Gasteiger partial charge in [-0.2, -0.15) is 13.1 Å². The molecule has 5 nitrogen and oxygen atoms in total. The summed E-state index contributed by atoms with van der Waals surface area (Å²) >= 11 is 0. The van der Waals surface area contributed by atoms with Gasteiger partial charge in [-0.25, -0.2) is 0 Å². The molecule has 1 heterocycles. The number of hydrogen-bond donors (Lipinski definition) is 0. The lowest BCUT2D eigenvalue weighted by atomic mass is 10.2. The van der Waals surface area contributed by atoms with Crippen LogP contribution >= 0.6 is 0 Å². The summed E-state index contributed by atoms with van der Waals surface area (Å²) in [5, 5.41) is 12.1. The van der Waals surface area contributed by atoms with E-state index in [1.807, 2.05) is 13.8 Å². The van der Waals surface area contributed by atoms with Crippen LogP contribution in [0.1, 0.15) is 12.5 Å². The maximum Gasteiger partial charge on any atom is 0.288 e. The first-order chi connectivity index (χ1) is 9.94. The Morgan fingerprint density at radius 1 is 1.19 bits per heavy atom. The number of rotatable bonds is 4. The number of pyridine rings is 1. The summed E-state index contributed by atoms with van der Waals surface area (Å²) in [7, 11) is -4.76. The van der Waals surface area contributed by atoms with Gasteiger partial charge < -0.3 is 5.21 Å². The van der Waals surface area contributed by atoms with E-state index in [2.05, 4.69) is 3.77 Å². The third-order valence-electron chi connectivity index (χ3n) is 2.81. The highest BCUT2D eigenvalue weighted by molar-refractivity contribution is 8.00. The Kier molecular flexibility index (Phi) is 4.74. The van der Waals surface area contributed by atoms with E-state index in [9.17, 15) is 13.6 Å². The van der Waals surface area contributed by atoms with E-state index in [-0.39, 0.29) is 4.90 Å². The maximum absolute atomic E-state index is 12.3. The lowest BCUT2D eigenvalue weighted by molar-refractivity contribution is -0.645. The van der Waals surface area contributed by atoms with Crippen LogP contribution in [0.25, 0.3) is 0 Å². The van der Waals surface area contributed by atoms with Gasteiger partial charge in [0.2, 0.25) is 0 Å². The Bertz CT molecular complexity index is 769. The number of hydrogen-bond acceptors (Lipinski definition) is 3. The number of nitrogens with zero attached hydrogens (tertiary/aromatic N) is 2. The minimum atomic E-state index is -3.77. The van der Waals surface area contributed by atoms with Crippen molar-refractivity contribution >= 4 is 20.7 Å². The zero-order valence-corrected chi connectivity index (χ0v) is 13.4. The van der Waals surface area contributed by atoms with Gasteiger partial charge in [0.1, 0.15) is 0 Å². The van der Waals surface area contributed by atoms with Gasteiger partial charge in [0.15, 0.2) is 6.20 Å². The van der Waals surface area contributed by atoms with Gasteiger partial charge in [-0.1, -0.05) is 24.6 Å². The molecule has 0 aliphatic rings. The van der Waals surface area contributed by atoms with E-state index in [4.69, 9.17) is 0 Å². The fourth-order valence-corrected chi connectivity index (χ4v) is 5.00. The van der Waals surface area contributed by atoms with Crippen molar-refractivity contribution in [3.63, 3.8) is 0 Å². The second-order valence-corrected chi connectivity index (χ2v) is 8.12. The standard InChI is InChI=1S/C14H16N2O3S2/c1-3-20(14-6-4-5-11-16(14)17)15-21(18,19)13-9-7-12(2)8-10-13/h4-11H,3H2,1-2H3/t20-/m1/s1. The van der Waals surface area contributed by atoms with Crippen molar-refractivity contribution in [3.8, 4) is 0 Å². The van der Waals surface area contributed by atoms with Gasteiger partial charge >= 0.3 is 0 Å². The molecule has 0 radical (unpaired) electrons. The van der Waals surface area contributed by atoms with Gasteiger partial charge in [0.25, 0.3) is 15.0 Å². The van der Waals surface area contributed by atoms with Gasteiger partial charge in [0, 0.05) is 28.6 Å². The molecular formula is C14H16N2O3S2. The molecule has 0 amide bonds. The Balaban J connectivity index is 2.49. The molecular weight excluding hydrogens is 308 g/mol. The minimum Gasteiger partial charge on any atom is -0.618 e. The van der Waals surface area contributed by atoms with Crippen LogP contribution in [0.15, 0.2) is 62.4 Å². The van der Waals surface area contributed by atoms with Crippen molar-refractivity contribution in [2.75, 3.05) is 5.75 Å². The van der Waals surface area contributed by atoms with Crippen LogP contribution in [0.3, 0.4) is 0 Å².